The average Bonchev–Trinajstić information content (AvgIpc) is 2.27. The Hall–Kier alpha value is -0.770. The van der Waals surface area contributed by atoms with E-state index in [-0.39, 0.29) is 6.10 Å². The first kappa shape index (κ1) is 14.3. The van der Waals surface area contributed by atoms with Crippen LogP contribution >= 0.6 is 11.6 Å². The molecular formula is C13H20ClNO2. The van der Waals surface area contributed by atoms with Gasteiger partial charge in [-0.2, -0.15) is 0 Å². The highest BCUT2D eigenvalue weighted by Crippen LogP contribution is 2.23. The SMILES string of the molecule is CC(C)OCCOc1ccc(Cl)cc1CCN. The monoisotopic (exact) mass is 257 g/mol. The Kier molecular flexibility index (Phi) is 6.34. The molecule has 0 atom stereocenters. The van der Waals surface area contributed by atoms with Gasteiger partial charge in [-0.25, -0.2) is 0 Å². The van der Waals surface area contributed by atoms with Crippen molar-refractivity contribution in [3.8, 4) is 5.75 Å². The number of rotatable bonds is 7. The van der Waals surface area contributed by atoms with Gasteiger partial charge in [-0.3, -0.25) is 0 Å². The van der Waals surface area contributed by atoms with Crippen LogP contribution in [0.25, 0.3) is 0 Å². The molecule has 0 heterocycles. The summed E-state index contributed by atoms with van der Waals surface area (Å²) in [4.78, 5) is 0. The summed E-state index contributed by atoms with van der Waals surface area (Å²) in [5, 5.41) is 0.708. The Morgan fingerprint density at radius 2 is 2.06 bits per heavy atom. The van der Waals surface area contributed by atoms with Crippen LogP contribution in [0.2, 0.25) is 5.02 Å². The quantitative estimate of drug-likeness (QED) is 0.764. The summed E-state index contributed by atoms with van der Waals surface area (Å²) in [5.74, 6) is 0.840. The smallest absolute Gasteiger partial charge is 0.122 e. The highest BCUT2D eigenvalue weighted by molar-refractivity contribution is 6.30. The van der Waals surface area contributed by atoms with Crippen molar-refractivity contribution < 1.29 is 9.47 Å². The summed E-state index contributed by atoms with van der Waals surface area (Å²) in [7, 11) is 0. The van der Waals surface area contributed by atoms with Crippen molar-refractivity contribution >= 4 is 11.6 Å². The number of ether oxygens (including phenoxy) is 2. The maximum absolute atomic E-state index is 5.93. The van der Waals surface area contributed by atoms with Crippen LogP contribution in [0.3, 0.4) is 0 Å². The van der Waals surface area contributed by atoms with Crippen molar-refractivity contribution in [3.63, 3.8) is 0 Å². The molecule has 0 saturated carbocycles. The molecule has 0 unspecified atom stereocenters. The van der Waals surface area contributed by atoms with E-state index in [2.05, 4.69) is 0 Å². The fourth-order valence-corrected chi connectivity index (χ4v) is 1.67. The van der Waals surface area contributed by atoms with Crippen molar-refractivity contribution in [3.05, 3.63) is 28.8 Å². The topological polar surface area (TPSA) is 44.5 Å². The lowest BCUT2D eigenvalue weighted by Crippen LogP contribution is -2.12. The molecule has 0 saturated heterocycles. The molecule has 0 aromatic heterocycles. The van der Waals surface area contributed by atoms with E-state index < -0.39 is 0 Å². The molecule has 2 N–H and O–H groups in total. The average molecular weight is 258 g/mol. The molecule has 0 bridgehead atoms. The van der Waals surface area contributed by atoms with Crippen LogP contribution in [0.1, 0.15) is 19.4 Å². The molecule has 4 heteroatoms. The predicted octanol–water partition coefficient (Wildman–Crippen LogP) is 2.64. The highest BCUT2D eigenvalue weighted by Gasteiger charge is 2.04. The highest BCUT2D eigenvalue weighted by atomic mass is 35.5. The van der Waals surface area contributed by atoms with E-state index >= 15 is 0 Å². The van der Waals surface area contributed by atoms with Crippen molar-refractivity contribution in [2.24, 2.45) is 5.73 Å². The predicted molar refractivity (Wildman–Crippen MR) is 70.8 cm³/mol. The molecule has 3 nitrogen and oxygen atoms in total. The fraction of sp³-hybridized carbons (Fsp3) is 0.538. The van der Waals surface area contributed by atoms with Gasteiger partial charge in [0.2, 0.25) is 0 Å². The second-order valence-electron chi connectivity index (χ2n) is 4.06. The molecule has 0 spiro atoms. The zero-order valence-corrected chi connectivity index (χ0v) is 11.2. The van der Waals surface area contributed by atoms with Gasteiger partial charge in [0.25, 0.3) is 0 Å². The van der Waals surface area contributed by atoms with Crippen molar-refractivity contribution in [1.82, 2.24) is 0 Å². The van der Waals surface area contributed by atoms with Gasteiger partial charge in [-0.1, -0.05) is 11.6 Å². The van der Waals surface area contributed by atoms with E-state index in [1.54, 1.807) is 0 Å². The van der Waals surface area contributed by atoms with Gasteiger partial charge >= 0.3 is 0 Å². The lowest BCUT2D eigenvalue weighted by Gasteiger charge is -2.12. The Bertz CT molecular complexity index is 342. The third-order valence-corrected chi connectivity index (χ3v) is 2.46. The molecule has 0 radical (unpaired) electrons. The molecule has 0 aliphatic rings. The molecule has 0 amide bonds. The van der Waals surface area contributed by atoms with Gasteiger partial charge in [0.05, 0.1) is 12.7 Å². The van der Waals surface area contributed by atoms with Gasteiger partial charge in [0.15, 0.2) is 0 Å². The van der Waals surface area contributed by atoms with Gasteiger partial charge in [-0.05, 0) is 50.6 Å². The van der Waals surface area contributed by atoms with Crippen LogP contribution in [0, 0.1) is 0 Å². The second kappa shape index (κ2) is 7.54. The third-order valence-electron chi connectivity index (χ3n) is 2.23. The van der Waals surface area contributed by atoms with Crippen LogP contribution in [0.15, 0.2) is 18.2 Å². The molecule has 1 aromatic carbocycles. The van der Waals surface area contributed by atoms with Crippen LogP contribution in [0.5, 0.6) is 5.75 Å². The lowest BCUT2D eigenvalue weighted by molar-refractivity contribution is 0.0551. The summed E-state index contributed by atoms with van der Waals surface area (Å²) < 4.78 is 11.1. The minimum Gasteiger partial charge on any atom is -0.491 e. The number of benzene rings is 1. The maximum atomic E-state index is 5.93. The molecular weight excluding hydrogens is 238 g/mol. The van der Waals surface area contributed by atoms with Crippen molar-refractivity contribution in [2.45, 2.75) is 26.4 Å². The van der Waals surface area contributed by atoms with Gasteiger partial charge in [0.1, 0.15) is 12.4 Å². The Balaban J connectivity index is 2.51. The largest absolute Gasteiger partial charge is 0.491 e. The maximum Gasteiger partial charge on any atom is 0.122 e. The number of halogens is 1. The Morgan fingerprint density at radius 1 is 1.29 bits per heavy atom. The standard InChI is InChI=1S/C13H20ClNO2/c1-10(2)16-7-8-17-13-4-3-12(14)9-11(13)5-6-15/h3-4,9-10H,5-8,15H2,1-2H3. The van der Waals surface area contributed by atoms with Crippen LogP contribution in [0.4, 0.5) is 0 Å². The first-order valence-electron chi connectivity index (χ1n) is 5.86. The number of hydrogen-bond donors (Lipinski definition) is 1. The minimum absolute atomic E-state index is 0.229. The van der Waals surface area contributed by atoms with E-state index in [0.29, 0.717) is 24.8 Å². The zero-order chi connectivity index (χ0) is 12.7. The number of nitrogens with two attached hydrogens (primary N) is 1. The fourth-order valence-electron chi connectivity index (χ4n) is 1.48. The zero-order valence-electron chi connectivity index (χ0n) is 10.4. The van der Waals surface area contributed by atoms with E-state index in [1.165, 1.54) is 0 Å². The lowest BCUT2D eigenvalue weighted by atomic mass is 10.1. The molecule has 0 aliphatic carbocycles. The summed E-state index contributed by atoms with van der Waals surface area (Å²) in [6, 6.07) is 5.59. The first-order chi connectivity index (χ1) is 8.13. The summed E-state index contributed by atoms with van der Waals surface area (Å²) in [6.45, 7) is 5.71. The minimum atomic E-state index is 0.229. The van der Waals surface area contributed by atoms with E-state index in [0.717, 1.165) is 17.7 Å². The summed E-state index contributed by atoms with van der Waals surface area (Å²) in [5.41, 5.74) is 6.60. The van der Waals surface area contributed by atoms with Crippen molar-refractivity contribution in [2.75, 3.05) is 19.8 Å². The van der Waals surface area contributed by atoms with Gasteiger partial charge in [0, 0.05) is 5.02 Å². The molecule has 96 valence electrons. The normalized spacial score (nSPS) is 10.9. The van der Waals surface area contributed by atoms with E-state index in [9.17, 15) is 0 Å². The van der Waals surface area contributed by atoms with Crippen molar-refractivity contribution in [1.29, 1.82) is 0 Å². The van der Waals surface area contributed by atoms with Gasteiger partial charge in [-0.15, -0.1) is 0 Å². The molecule has 0 fully saturated rings. The van der Waals surface area contributed by atoms with Crippen LogP contribution < -0.4 is 10.5 Å². The van der Waals surface area contributed by atoms with Crippen LogP contribution in [-0.2, 0) is 11.2 Å². The van der Waals surface area contributed by atoms with E-state index in [1.807, 2.05) is 32.0 Å². The Morgan fingerprint density at radius 3 is 2.71 bits per heavy atom. The molecule has 17 heavy (non-hydrogen) atoms. The first-order valence-corrected chi connectivity index (χ1v) is 6.24. The summed E-state index contributed by atoms with van der Waals surface area (Å²) >= 11 is 5.93. The summed E-state index contributed by atoms with van der Waals surface area (Å²) in [6.07, 6.45) is 0.994. The third kappa shape index (κ3) is 5.39. The van der Waals surface area contributed by atoms with E-state index in [4.69, 9.17) is 26.8 Å². The Labute approximate surface area is 108 Å². The van der Waals surface area contributed by atoms with Gasteiger partial charge < -0.3 is 15.2 Å². The molecule has 0 aliphatic heterocycles. The van der Waals surface area contributed by atoms with Crippen LogP contribution in [-0.4, -0.2) is 25.9 Å². The number of hydrogen-bond acceptors (Lipinski definition) is 3. The second-order valence-corrected chi connectivity index (χ2v) is 4.50. The molecule has 1 rings (SSSR count). The molecule has 1 aromatic rings.